The van der Waals surface area contributed by atoms with E-state index in [1.807, 2.05) is 25.1 Å². The summed E-state index contributed by atoms with van der Waals surface area (Å²) in [5.74, 6) is 0.257. The Morgan fingerprint density at radius 3 is 1.89 bits per heavy atom. The summed E-state index contributed by atoms with van der Waals surface area (Å²) in [5, 5.41) is 23.2. The lowest BCUT2D eigenvalue weighted by Gasteiger charge is -2.25. The molecule has 0 radical (unpaired) electrons. The Balaban J connectivity index is 1.33. The molecule has 2 heterocycles. The minimum Gasteiger partial charge on any atom is -0.505 e. The number of hydrogen-bond donors (Lipinski definition) is 2. The molecule has 1 aromatic heterocycles. The molecule has 1 fully saturated rings. The quantitative estimate of drug-likeness (QED) is 0.367. The molecule has 2 aromatic carbocycles. The smallest absolute Gasteiger partial charge is 0.146 e. The zero-order chi connectivity index (χ0) is 31.3. The van der Waals surface area contributed by atoms with Crippen molar-refractivity contribution in [3.05, 3.63) is 64.3 Å². The predicted octanol–water partition coefficient (Wildman–Crippen LogP) is 4.97. The highest BCUT2D eigenvalue weighted by Crippen LogP contribution is 2.39. The van der Waals surface area contributed by atoms with E-state index < -0.39 is 0 Å². The number of hydrogen-bond acceptors (Lipinski definition) is 10. The van der Waals surface area contributed by atoms with Gasteiger partial charge in [0.1, 0.15) is 22.7 Å². The van der Waals surface area contributed by atoms with Crippen LogP contribution < -0.4 is 0 Å². The summed E-state index contributed by atoms with van der Waals surface area (Å²) in [7, 11) is 0. The molecular formula is C33H43ClN4O6. The van der Waals surface area contributed by atoms with Crippen LogP contribution >= 0.6 is 11.6 Å². The van der Waals surface area contributed by atoms with Crippen molar-refractivity contribution < 1.29 is 29.2 Å². The number of aromatic nitrogens is 1. The number of pyridine rings is 1. The van der Waals surface area contributed by atoms with Crippen LogP contribution in [0.3, 0.4) is 0 Å². The second-order valence-corrected chi connectivity index (χ2v) is 11.0. The highest BCUT2D eigenvalue weighted by atomic mass is 35.5. The van der Waals surface area contributed by atoms with Crippen LogP contribution in [-0.4, -0.2) is 111 Å². The molecule has 11 heteroatoms. The molecule has 44 heavy (non-hydrogen) atoms. The summed E-state index contributed by atoms with van der Waals surface area (Å²) in [6, 6.07) is 7.62. The summed E-state index contributed by atoms with van der Waals surface area (Å²) < 4.78 is 23.5. The lowest BCUT2D eigenvalue weighted by Crippen LogP contribution is -2.32. The number of phenolic OH excluding ortho intramolecular Hbond substituents is 2. The number of fused-ring (bicyclic) bond motifs is 1. The zero-order valence-corrected chi connectivity index (χ0v) is 26.2. The van der Waals surface area contributed by atoms with Crippen LogP contribution in [0, 0.1) is 6.92 Å². The number of halogens is 1. The van der Waals surface area contributed by atoms with Gasteiger partial charge in [-0.1, -0.05) is 36.4 Å². The molecule has 10 nitrogen and oxygen atoms in total. The van der Waals surface area contributed by atoms with E-state index in [4.69, 9.17) is 30.5 Å². The average molecular weight is 627 g/mol. The monoisotopic (exact) mass is 626 g/mol. The number of rotatable bonds is 6. The Labute approximate surface area is 264 Å². The molecule has 1 aliphatic heterocycles. The van der Waals surface area contributed by atoms with E-state index in [-0.39, 0.29) is 11.5 Å². The fraction of sp³-hybridized carbons (Fsp3) is 0.455. The van der Waals surface area contributed by atoms with Crippen LogP contribution in [-0.2, 0) is 32.0 Å². The van der Waals surface area contributed by atoms with Crippen molar-refractivity contribution >= 4 is 41.0 Å². The molecule has 1 saturated heterocycles. The van der Waals surface area contributed by atoms with Crippen molar-refractivity contribution in [2.45, 2.75) is 20.0 Å². The number of benzene rings is 2. The molecule has 0 atom stereocenters. The molecule has 2 N–H and O–H groups in total. The summed E-state index contributed by atoms with van der Waals surface area (Å²) in [5.41, 5.74) is 4.05. The molecule has 0 bridgehead atoms. The molecule has 0 unspecified atom stereocenters. The summed E-state index contributed by atoms with van der Waals surface area (Å²) in [6.07, 6.45) is 3.26. The van der Waals surface area contributed by atoms with Gasteiger partial charge in [0.05, 0.1) is 57.9 Å². The first-order valence-corrected chi connectivity index (χ1v) is 15.3. The van der Waals surface area contributed by atoms with Gasteiger partial charge in [0.25, 0.3) is 0 Å². The van der Waals surface area contributed by atoms with Gasteiger partial charge in [0.2, 0.25) is 0 Å². The van der Waals surface area contributed by atoms with E-state index in [0.717, 1.165) is 16.5 Å². The number of aryl methyl sites for hydroxylation is 1. The Kier molecular flexibility index (Phi) is 13.4. The van der Waals surface area contributed by atoms with Crippen LogP contribution in [0.25, 0.3) is 17.0 Å². The van der Waals surface area contributed by atoms with Crippen LogP contribution in [0.5, 0.6) is 11.5 Å². The Morgan fingerprint density at radius 1 is 0.864 bits per heavy atom. The van der Waals surface area contributed by atoms with Crippen molar-refractivity contribution in [2.24, 2.45) is 4.99 Å². The Morgan fingerprint density at radius 2 is 1.39 bits per heavy atom. The van der Waals surface area contributed by atoms with Gasteiger partial charge in [-0.25, -0.2) is 0 Å². The Bertz CT molecular complexity index is 1380. The highest BCUT2D eigenvalue weighted by Gasteiger charge is 2.18. The Hall–Kier alpha value is -3.09. The average Bonchev–Trinajstić information content (AvgIpc) is 3.02. The number of ether oxygens (including phenoxy) is 4. The molecule has 0 spiro atoms. The lowest BCUT2D eigenvalue weighted by molar-refractivity contribution is 0.00612. The maximum absolute atomic E-state index is 10.9. The first kappa shape index (κ1) is 33.8. The van der Waals surface area contributed by atoms with Crippen LogP contribution in [0.15, 0.2) is 42.0 Å². The number of phenols is 2. The summed E-state index contributed by atoms with van der Waals surface area (Å²) in [6.45, 7) is 16.8. The lowest BCUT2D eigenvalue weighted by atomic mass is 10.0. The van der Waals surface area contributed by atoms with Gasteiger partial charge in [0.15, 0.2) is 0 Å². The molecule has 3 aromatic rings. The zero-order valence-electron chi connectivity index (χ0n) is 25.5. The van der Waals surface area contributed by atoms with Gasteiger partial charge < -0.3 is 29.2 Å². The third-order valence-electron chi connectivity index (χ3n) is 7.60. The fourth-order valence-electron chi connectivity index (χ4n) is 5.20. The second kappa shape index (κ2) is 17.4. The van der Waals surface area contributed by atoms with Gasteiger partial charge in [-0.3, -0.25) is 19.8 Å². The summed E-state index contributed by atoms with van der Waals surface area (Å²) in [4.78, 5) is 12.7. The van der Waals surface area contributed by atoms with Crippen LogP contribution in [0.1, 0.15) is 22.3 Å². The summed E-state index contributed by atoms with van der Waals surface area (Å²) >= 11 is 6.44. The van der Waals surface area contributed by atoms with Gasteiger partial charge >= 0.3 is 0 Å². The van der Waals surface area contributed by atoms with Crippen molar-refractivity contribution in [1.82, 2.24) is 14.8 Å². The minimum atomic E-state index is 0.0408. The molecule has 4 rings (SSSR count). The fourth-order valence-corrected chi connectivity index (χ4v) is 5.50. The standard InChI is InChI=1S/C33H43ClN4O6/c1-4-27-29(34)21-26(32(39)30(27)35-3)23-38-10-14-43-18-16-41-12-8-37(9-13-42-17-19-44-15-11-38)22-25-20-24(2)28-6-5-7-36-31(28)33(25)40/h4-7,20-21,39-40H,1,3,8-19,22-23H2,2H3. The second-order valence-electron chi connectivity index (χ2n) is 10.6. The first-order chi connectivity index (χ1) is 21.4. The molecule has 0 saturated carbocycles. The van der Waals surface area contributed by atoms with Crippen LogP contribution in [0.2, 0.25) is 5.02 Å². The number of aliphatic imine (C=N–C) groups is 1. The maximum atomic E-state index is 10.9. The minimum absolute atomic E-state index is 0.0408. The largest absolute Gasteiger partial charge is 0.505 e. The molecule has 1 aliphatic rings. The van der Waals surface area contributed by atoms with Crippen molar-refractivity contribution in [1.29, 1.82) is 0 Å². The van der Waals surface area contributed by atoms with Crippen LogP contribution in [0.4, 0.5) is 5.69 Å². The number of aromatic hydroxyl groups is 2. The van der Waals surface area contributed by atoms with E-state index in [1.54, 1.807) is 18.3 Å². The van der Waals surface area contributed by atoms with Crippen molar-refractivity contribution in [3.8, 4) is 11.5 Å². The third kappa shape index (κ3) is 9.21. The van der Waals surface area contributed by atoms with E-state index in [9.17, 15) is 10.2 Å². The normalized spacial score (nSPS) is 17.6. The predicted molar refractivity (Wildman–Crippen MR) is 174 cm³/mol. The van der Waals surface area contributed by atoms with Gasteiger partial charge in [-0.2, -0.15) is 0 Å². The van der Waals surface area contributed by atoms with E-state index in [2.05, 4.69) is 33.1 Å². The van der Waals surface area contributed by atoms with Gasteiger partial charge in [-0.05, 0) is 31.3 Å². The van der Waals surface area contributed by atoms with E-state index in [0.29, 0.717) is 119 Å². The third-order valence-corrected chi connectivity index (χ3v) is 7.91. The van der Waals surface area contributed by atoms with Crippen molar-refractivity contribution in [3.63, 3.8) is 0 Å². The first-order valence-electron chi connectivity index (χ1n) is 14.9. The maximum Gasteiger partial charge on any atom is 0.146 e. The topological polar surface area (TPSA) is 109 Å². The van der Waals surface area contributed by atoms with E-state index in [1.165, 1.54) is 0 Å². The van der Waals surface area contributed by atoms with Gasteiger partial charge in [0, 0.05) is 67.5 Å². The highest BCUT2D eigenvalue weighted by molar-refractivity contribution is 6.32. The molecular weight excluding hydrogens is 584 g/mol. The molecule has 238 valence electrons. The molecule has 0 amide bonds. The van der Waals surface area contributed by atoms with Gasteiger partial charge in [-0.15, -0.1) is 0 Å². The van der Waals surface area contributed by atoms with Crippen molar-refractivity contribution in [2.75, 3.05) is 79.0 Å². The number of nitrogens with zero attached hydrogens (tertiary/aromatic N) is 4. The SMILES string of the molecule is C=Cc1c(Cl)cc(CN2CCOCCOCCN(Cc3cc(C)c4cccnc4c3O)CCOCCOCC2)c(O)c1N=C. The van der Waals surface area contributed by atoms with E-state index >= 15 is 0 Å². The molecule has 0 aliphatic carbocycles.